The number of nitrogens with one attached hydrogen (secondary N) is 2. The summed E-state index contributed by atoms with van der Waals surface area (Å²) in [5.41, 5.74) is 1.04. The van der Waals surface area contributed by atoms with Crippen LogP contribution in [-0.2, 0) is 9.59 Å². The van der Waals surface area contributed by atoms with Crippen molar-refractivity contribution in [1.29, 1.82) is 0 Å². The molecule has 0 saturated carbocycles. The number of thioether (sulfide) groups is 1. The molecule has 0 unspecified atom stereocenters. The van der Waals surface area contributed by atoms with E-state index < -0.39 is 11.8 Å². The van der Waals surface area contributed by atoms with Gasteiger partial charge in [-0.1, -0.05) is 6.07 Å². The van der Waals surface area contributed by atoms with Crippen molar-refractivity contribution >= 4 is 35.0 Å². The zero-order chi connectivity index (χ0) is 16.2. The van der Waals surface area contributed by atoms with E-state index >= 15 is 0 Å². The van der Waals surface area contributed by atoms with Gasteiger partial charge in [0.15, 0.2) is 11.5 Å². The second-order valence-corrected chi connectivity index (χ2v) is 5.59. The molecule has 2 amide bonds. The minimum atomic E-state index is -0.751. The molecule has 2 aromatic carbocycles. The lowest BCUT2D eigenvalue weighted by Gasteiger charge is -2.08. The first-order chi connectivity index (χ1) is 11.2. The van der Waals surface area contributed by atoms with Crippen LogP contribution >= 0.6 is 11.8 Å². The standard InChI is InChI=1S/C16H14N2O4S/c1-23-12-4-2-3-10(7-12)17-15(19)16(20)18-11-5-6-13-14(8-11)22-9-21-13/h2-8H,9H2,1H3,(H,17,19)(H,18,20). The van der Waals surface area contributed by atoms with E-state index in [4.69, 9.17) is 9.47 Å². The summed E-state index contributed by atoms with van der Waals surface area (Å²) in [6.07, 6.45) is 1.94. The molecule has 2 aromatic rings. The average molecular weight is 330 g/mol. The highest BCUT2D eigenvalue weighted by Crippen LogP contribution is 2.34. The first-order valence-corrected chi connectivity index (χ1v) is 8.04. The van der Waals surface area contributed by atoms with Crippen molar-refractivity contribution in [3.63, 3.8) is 0 Å². The Morgan fingerprint density at radius 2 is 1.65 bits per heavy atom. The van der Waals surface area contributed by atoms with Crippen LogP contribution in [0.15, 0.2) is 47.4 Å². The molecule has 7 heteroatoms. The summed E-state index contributed by atoms with van der Waals surface area (Å²) >= 11 is 1.55. The number of rotatable bonds is 3. The number of carbonyl (C=O) groups excluding carboxylic acids is 2. The number of hydrogen-bond donors (Lipinski definition) is 2. The van der Waals surface area contributed by atoms with Gasteiger partial charge in [0.2, 0.25) is 6.79 Å². The molecule has 3 rings (SSSR count). The molecular weight excluding hydrogens is 316 g/mol. The minimum Gasteiger partial charge on any atom is -0.454 e. The molecule has 0 aromatic heterocycles. The monoisotopic (exact) mass is 330 g/mol. The van der Waals surface area contributed by atoms with E-state index in [2.05, 4.69) is 10.6 Å². The lowest BCUT2D eigenvalue weighted by Crippen LogP contribution is -2.29. The molecule has 0 bridgehead atoms. The van der Waals surface area contributed by atoms with Gasteiger partial charge >= 0.3 is 11.8 Å². The normalized spacial score (nSPS) is 11.9. The van der Waals surface area contributed by atoms with Crippen LogP contribution < -0.4 is 20.1 Å². The fourth-order valence-corrected chi connectivity index (χ4v) is 2.51. The zero-order valence-corrected chi connectivity index (χ0v) is 13.1. The molecule has 0 radical (unpaired) electrons. The molecule has 0 atom stereocenters. The number of benzene rings is 2. The number of fused-ring (bicyclic) bond motifs is 1. The van der Waals surface area contributed by atoms with Crippen molar-refractivity contribution in [2.45, 2.75) is 4.90 Å². The molecule has 6 nitrogen and oxygen atoms in total. The minimum absolute atomic E-state index is 0.152. The van der Waals surface area contributed by atoms with Gasteiger partial charge in [0, 0.05) is 22.3 Å². The van der Waals surface area contributed by atoms with Gasteiger partial charge in [-0.3, -0.25) is 9.59 Å². The van der Waals surface area contributed by atoms with E-state index in [9.17, 15) is 9.59 Å². The van der Waals surface area contributed by atoms with Crippen LogP contribution in [0, 0.1) is 0 Å². The molecular formula is C16H14N2O4S. The van der Waals surface area contributed by atoms with Gasteiger partial charge in [0.05, 0.1) is 0 Å². The smallest absolute Gasteiger partial charge is 0.314 e. The van der Waals surface area contributed by atoms with E-state index in [1.165, 1.54) is 0 Å². The quantitative estimate of drug-likeness (QED) is 0.668. The summed E-state index contributed by atoms with van der Waals surface area (Å²) < 4.78 is 10.4. The van der Waals surface area contributed by atoms with Crippen LogP contribution in [0.4, 0.5) is 11.4 Å². The summed E-state index contributed by atoms with van der Waals surface area (Å²) in [5, 5.41) is 5.10. The summed E-state index contributed by atoms with van der Waals surface area (Å²) in [6.45, 7) is 0.152. The van der Waals surface area contributed by atoms with E-state index in [1.54, 1.807) is 42.1 Å². The fourth-order valence-electron chi connectivity index (χ4n) is 2.05. The topological polar surface area (TPSA) is 76.7 Å². The van der Waals surface area contributed by atoms with Crippen LogP contribution in [-0.4, -0.2) is 24.9 Å². The van der Waals surface area contributed by atoms with Gasteiger partial charge in [-0.25, -0.2) is 0 Å². The maximum atomic E-state index is 12.0. The maximum Gasteiger partial charge on any atom is 0.314 e. The first kappa shape index (κ1) is 15.2. The Balaban J connectivity index is 1.64. The molecule has 0 aliphatic carbocycles. The summed E-state index contributed by atoms with van der Waals surface area (Å²) in [5.74, 6) is -0.337. The summed E-state index contributed by atoms with van der Waals surface area (Å²) in [6, 6.07) is 12.2. The van der Waals surface area contributed by atoms with Gasteiger partial charge in [0.25, 0.3) is 0 Å². The molecule has 0 fully saturated rings. The third kappa shape index (κ3) is 3.57. The van der Waals surface area contributed by atoms with Crippen LogP contribution in [0.5, 0.6) is 11.5 Å². The van der Waals surface area contributed by atoms with Crippen LogP contribution in [0.2, 0.25) is 0 Å². The number of anilines is 2. The molecule has 23 heavy (non-hydrogen) atoms. The van der Waals surface area contributed by atoms with Crippen molar-refractivity contribution in [3.8, 4) is 11.5 Å². The van der Waals surface area contributed by atoms with Crippen molar-refractivity contribution < 1.29 is 19.1 Å². The Kier molecular flexibility index (Phi) is 4.38. The lowest BCUT2D eigenvalue weighted by atomic mass is 10.2. The number of ether oxygens (including phenoxy) is 2. The first-order valence-electron chi connectivity index (χ1n) is 6.82. The van der Waals surface area contributed by atoms with Crippen molar-refractivity contribution in [2.75, 3.05) is 23.7 Å². The van der Waals surface area contributed by atoms with E-state index in [0.717, 1.165) is 4.90 Å². The Bertz CT molecular complexity index is 763. The highest BCUT2D eigenvalue weighted by atomic mass is 32.2. The third-order valence-corrected chi connectivity index (χ3v) is 3.89. The van der Waals surface area contributed by atoms with Gasteiger partial charge in [-0.2, -0.15) is 0 Å². The van der Waals surface area contributed by atoms with Gasteiger partial charge in [-0.05, 0) is 36.6 Å². The molecule has 1 aliphatic heterocycles. The molecule has 0 spiro atoms. The highest BCUT2D eigenvalue weighted by molar-refractivity contribution is 7.98. The predicted molar refractivity (Wildman–Crippen MR) is 88.0 cm³/mol. The van der Waals surface area contributed by atoms with Crippen LogP contribution in [0.1, 0.15) is 0 Å². The number of hydrogen-bond acceptors (Lipinski definition) is 5. The largest absolute Gasteiger partial charge is 0.454 e. The molecule has 0 saturated heterocycles. The van der Waals surface area contributed by atoms with E-state index in [-0.39, 0.29) is 6.79 Å². The fraction of sp³-hybridized carbons (Fsp3) is 0.125. The predicted octanol–water partition coefficient (Wildman–Crippen LogP) is 2.71. The SMILES string of the molecule is CSc1cccc(NC(=O)C(=O)Nc2ccc3c(c2)OCO3)c1. The molecule has 1 heterocycles. The summed E-state index contributed by atoms with van der Waals surface area (Å²) in [4.78, 5) is 24.9. The van der Waals surface area contributed by atoms with Crippen molar-refractivity contribution in [1.82, 2.24) is 0 Å². The molecule has 118 valence electrons. The molecule has 2 N–H and O–H groups in total. The number of amides is 2. The lowest BCUT2D eigenvalue weighted by molar-refractivity contribution is -0.133. The van der Waals surface area contributed by atoms with E-state index in [1.807, 2.05) is 18.4 Å². The third-order valence-electron chi connectivity index (χ3n) is 3.16. The van der Waals surface area contributed by atoms with Gasteiger partial charge < -0.3 is 20.1 Å². The van der Waals surface area contributed by atoms with E-state index in [0.29, 0.717) is 22.9 Å². The van der Waals surface area contributed by atoms with Crippen molar-refractivity contribution in [2.24, 2.45) is 0 Å². The highest BCUT2D eigenvalue weighted by Gasteiger charge is 2.17. The molecule has 1 aliphatic rings. The van der Waals surface area contributed by atoms with Crippen molar-refractivity contribution in [3.05, 3.63) is 42.5 Å². The second-order valence-electron chi connectivity index (χ2n) is 4.71. The average Bonchev–Trinajstić information content (AvgIpc) is 3.02. The zero-order valence-electron chi connectivity index (χ0n) is 12.3. The Hall–Kier alpha value is -2.67. The van der Waals surface area contributed by atoms with Crippen LogP contribution in [0.3, 0.4) is 0 Å². The van der Waals surface area contributed by atoms with Crippen LogP contribution in [0.25, 0.3) is 0 Å². The van der Waals surface area contributed by atoms with Gasteiger partial charge in [-0.15, -0.1) is 11.8 Å². The Labute approximate surface area is 137 Å². The second kappa shape index (κ2) is 6.62. The Morgan fingerprint density at radius 3 is 2.39 bits per heavy atom. The summed E-state index contributed by atoms with van der Waals surface area (Å²) in [7, 11) is 0. The number of carbonyl (C=O) groups is 2. The Morgan fingerprint density at radius 1 is 0.957 bits per heavy atom. The maximum absolute atomic E-state index is 12.0. The van der Waals surface area contributed by atoms with Gasteiger partial charge in [0.1, 0.15) is 0 Å².